The summed E-state index contributed by atoms with van der Waals surface area (Å²) < 4.78 is 22.8. The first-order valence-corrected chi connectivity index (χ1v) is 8.61. The maximum Gasteiger partial charge on any atom is 0.161 e. The summed E-state index contributed by atoms with van der Waals surface area (Å²) in [4.78, 5) is 0. The highest BCUT2D eigenvalue weighted by Gasteiger charge is 2.22. The zero-order chi connectivity index (χ0) is 17.3. The van der Waals surface area contributed by atoms with Crippen molar-refractivity contribution >= 4 is 0 Å². The Kier molecular flexibility index (Phi) is 6.68. The minimum absolute atomic E-state index is 0.0336. The molecule has 0 unspecified atom stereocenters. The molecule has 25 heavy (non-hydrogen) atoms. The molecule has 134 valence electrons. The number of benzene rings is 2. The van der Waals surface area contributed by atoms with Crippen molar-refractivity contribution in [3.8, 4) is 11.5 Å². The maximum absolute atomic E-state index is 5.92. The van der Waals surface area contributed by atoms with Gasteiger partial charge < -0.3 is 24.3 Å². The SMILES string of the molecule is COc1ccccc1OCCNC[C@@H]1CO[C@H](c2ccccc2)CO1. The number of hydrogen-bond acceptors (Lipinski definition) is 5. The van der Waals surface area contributed by atoms with Crippen molar-refractivity contribution in [2.24, 2.45) is 0 Å². The Morgan fingerprint density at radius 2 is 1.72 bits per heavy atom. The van der Waals surface area contributed by atoms with E-state index in [1.807, 2.05) is 42.5 Å². The van der Waals surface area contributed by atoms with Crippen LogP contribution in [0.15, 0.2) is 54.6 Å². The van der Waals surface area contributed by atoms with Crippen molar-refractivity contribution in [1.29, 1.82) is 0 Å². The highest BCUT2D eigenvalue weighted by atomic mass is 16.6. The van der Waals surface area contributed by atoms with E-state index in [9.17, 15) is 0 Å². The fraction of sp³-hybridized carbons (Fsp3) is 0.400. The van der Waals surface area contributed by atoms with Gasteiger partial charge in [-0.05, 0) is 17.7 Å². The van der Waals surface area contributed by atoms with Crippen molar-refractivity contribution in [2.75, 3.05) is 40.0 Å². The lowest BCUT2D eigenvalue weighted by atomic mass is 10.1. The lowest BCUT2D eigenvalue weighted by molar-refractivity contribution is -0.133. The molecule has 0 aromatic heterocycles. The molecule has 3 rings (SSSR count). The molecule has 5 heteroatoms. The highest BCUT2D eigenvalue weighted by Crippen LogP contribution is 2.25. The van der Waals surface area contributed by atoms with Gasteiger partial charge in [0.15, 0.2) is 11.5 Å². The molecule has 1 N–H and O–H groups in total. The van der Waals surface area contributed by atoms with Crippen LogP contribution in [0.1, 0.15) is 11.7 Å². The monoisotopic (exact) mass is 343 g/mol. The van der Waals surface area contributed by atoms with Crippen LogP contribution in [-0.2, 0) is 9.47 Å². The highest BCUT2D eigenvalue weighted by molar-refractivity contribution is 5.39. The second kappa shape index (κ2) is 9.42. The molecule has 2 aromatic rings. The normalized spacial score (nSPS) is 20.2. The topological polar surface area (TPSA) is 49.0 Å². The van der Waals surface area contributed by atoms with Crippen molar-refractivity contribution in [3.05, 3.63) is 60.2 Å². The average Bonchev–Trinajstić information content (AvgIpc) is 2.69. The van der Waals surface area contributed by atoms with Gasteiger partial charge in [0.1, 0.15) is 12.7 Å². The third kappa shape index (κ3) is 5.19. The van der Waals surface area contributed by atoms with Crippen LogP contribution in [0.4, 0.5) is 0 Å². The minimum Gasteiger partial charge on any atom is -0.493 e. The second-order valence-electron chi connectivity index (χ2n) is 5.89. The summed E-state index contributed by atoms with van der Waals surface area (Å²) in [6, 6.07) is 17.8. The molecule has 0 bridgehead atoms. The van der Waals surface area contributed by atoms with E-state index in [0.717, 1.165) is 24.6 Å². The lowest BCUT2D eigenvalue weighted by Gasteiger charge is -2.30. The van der Waals surface area contributed by atoms with Gasteiger partial charge in [-0.1, -0.05) is 42.5 Å². The Morgan fingerprint density at radius 3 is 2.44 bits per heavy atom. The molecule has 0 amide bonds. The molecular weight excluding hydrogens is 318 g/mol. The first-order chi connectivity index (χ1) is 12.4. The Balaban J connectivity index is 1.31. The van der Waals surface area contributed by atoms with Crippen LogP contribution in [0.2, 0.25) is 0 Å². The standard InChI is InChI=1S/C20H25NO4/c1-22-18-9-5-6-10-19(18)23-12-11-21-13-17-14-25-20(15-24-17)16-7-3-2-4-8-16/h2-10,17,20-21H,11-15H2,1H3/t17-,20+/m1/s1. The summed E-state index contributed by atoms with van der Waals surface area (Å²) in [6.45, 7) is 3.24. The number of rotatable bonds is 8. The van der Waals surface area contributed by atoms with E-state index in [4.69, 9.17) is 18.9 Å². The summed E-state index contributed by atoms with van der Waals surface area (Å²) >= 11 is 0. The summed E-state index contributed by atoms with van der Waals surface area (Å²) in [7, 11) is 1.64. The lowest BCUT2D eigenvalue weighted by Crippen LogP contribution is -2.39. The smallest absolute Gasteiger partial charge is 0.161 e. The van der Waals surface area contributed by atoms with E-state index >= 15 is 0 Å². The van der Waals surface area contributed by atoms with Gasteiger partial charge in [-0.3, -0.25) is 0 Å². The second-order valence-corrected chi connectivity index (χ2v) is 5.89. The number of methoxy groups -OCH3 is 1. The van der Waals surface area contributed by atoms with E-state index in [1.54, 1.807) is 7.11 Å². The Morgan fingerprint density at radius 1 is 0.960 bits per heavy atom. The summed E-state index contributed by atoms with van der Waals surface area (Å²) in [5.74, 6) is 1.51. The summed E-state index contributed by atoms with van der Waals surface area (Å²) in [5, 5.41) is 3.35. The molecule has 0 spiro atoms. The maximum atomic E-state index is 5.92. The number of ether oxygens (including phenoxy) is 4. The van der Waals surface area contributed by atoms with E-state index in [1.165, 1.54) is 5.56 Å². The number of nitrogens with one attached hydrogen (secondary N) is 1. The third-order valence-corrected chi connectivity index (χ3v) is 4.12. The Bertz CT molecular complexity index is 627. The first kappa shape index (κ1) is 17.7. The van der Waals surface area contributed by atoms with Gasteiger partial charge in [-0.15, -0.1) is 0 Å². The molecule has 0 aliphatic carbocycles. The molecule has 0 radical (unpaired) electrons. The van der Waals surface area contributed by atoms with E-state index in [2.05, 4.69) is 17.4 Å². The predicted molar refractivity (Wildman–Crippen MR) is 96.2 cm³/mol. The van der Waals surface area contributed by atoms with Crippen LogP contribution in [0.5, 0.6) is 11.5 Å². The Labute approximate surface area is 148 Å². The van der Waals surface area contributed by atoms with Gasteiger partial charge in [-0.25, -0.2) is 0 Å². The number of para-hydroxylation sites is 2. The van der Waals surface area contributed by atoms with Crippen molar-refractivity contribution in [1.82, 2.24) is 5.32 Å². The first-order valence-electron chi connectivity index (χ1n) is 8.61. The molecule has 1 fully saturated rings. The fourth-order valence-electron chi connectivity index (χ4n) is 2.76. The minimum atomic E-state index is 0.0336. The molecule has 2 atom stereocenters. The average molecular weight is 343 g/mol. The van der Waals surface area contributed by atoms with Gasteiger partial charge in [0.05, 0.1) is 26.4 Å². The van der Waals surface area contributed by atoms with Crippen LogP contribution < -0.4 is 14.8 Å². The van der Waals surface area contributed by atoms with E-state index in [-0.39, 0.29) is 12.2 Å². The van der Waals surface area contributed by atoms with Gasteiger partial charge in [0, 0.05) is 13.1 Å². The van der Waals surface area contributed by atoms with Gasteiger partial charge in [-0.2, -0.15) is 0 Å². The Hall–Kier alpha value is -2.08. The van der Waals surface area contributed by atoms with Gasteiger partial charge in [0.25, 0.3) is 0 Å². The van der Waals surface area contributed by atoms with Crippen LogP contribution in [0.3, 0.4) is 0 Å². The molecule has 1 aliphatic rings. The molecule has 1 heterocycles. The van der Waals surface area contributed by atoms with E-state index < -0.39 is 0 Å². The largest absolute Gasteiger partial charge is 0.493 e. The van der Waals surface area contributed by atoms with Crippen molar-refractivity contribution < 1.29 is 18.9 Å². The van der Waals surface area contributed by atoms with E-state index in [0.29, 0.717) is 19.8 Å². The molecule has 2 aromatic carbocycles. The third-order valence-electron chi connectivity index (χ3n) is 4.12. The van der Waals surface area contributed by atoms with Crippen LogP contribution in [-0.4, -0.2) is 46.1 Å². The van der Waals surface area contributed by atoms with Crippen molar-refractivity contribution in [2.45, 2.75) is 12.2 Å². The van der Waals surface area contributed by atoms with Crippen LogP contribution >= 0.6 is 0 Å². The summed E-state index contributed by atoms with van der Waals surface area (Å²) in [6.07, 6.45) is 0.109. The zero-order valence-corrected chi connectivity index (χ0v) is 14.5. The quantitative estimate of drug-likeness (QED) is 0.747. The zero-order valence-electron chi connectivity index (χ0n) is 14.5. The number of hydrogen-bond donors (Lipinski definition) is 1. The van der Waals surface area contributed by atoms with Crippen LogP contribution in [0, 0.1) is 0 Å². The van der Waals surface area contributed by atoms with Gasteiger partial charge >= 0.3 is 0 Å². The molecule has 5 nitrogen and oxygen atoms in total. The molecule has 1 aliphatic heterocycles. The fourth-order valence-corrected chi connectivity index (χ4v) is 2.76. The molecular formula is C20H25NO4. The predicted octanol–water partition coefficient (Wildman–Crippen LogP) is 2.82. The van der Waals surface area contributed by atoms with Crippen LogP contribution in [0.25, 0.3) is 0 Å². The molecule has 1 saturated heterocycles. The van der Waals surface area contributed by atoms with Crippen molar-refractivity contribution in [3.63, 3.8) is 0 Å². The summed E-state index contributed by atoms with van der Waals surface area (Å²) in [5.41, 5.74) is 1.17. The van der Waals surface area contributed by atoms with Gasteiger partial charge in [0.2, 0.25) is 0 Å². The molecule has 0 saturated carbocycles.